The highest BCUT2D eigenvalue weighted by Crippen LogP contribution is 2.20. The zero-order chi connectivity index (χ0) is 18.5. The minimum atomic E-state index is -0.134. The lowest BCUT2D eigenvalue weighted by atomic mass is 10.1. The highest BCUT2D eigenvalue weighted by molar-refractivity contribution is 9.10. The van der Waals surface area contributed by atoms with Gasteiger partial charge >= 0.3 is 0 Å². The van der Waals surface area contributed by atoms with Gasteiger partial charge in [0.25, 0.3) is 0 Å². The number of amides is 1. The fraction of sp³-hybridized carbons (Fsp3) is 0.150. The van der Waals surface area contributed by atoms with Crippen molar-refractivity contribution in [3.8, 4) is 5.69 Å². The number of benzene rings is 2. The number of halogens is 1. The molecular weight excluding hydrogens is 392 g/mol. The van der Waals surface area contributed by atoms with Crippen molar-refractivity contribution in [2.45, 2.75) is 19.9 Å². The standard InChI is InChI=1S/C20H19BrN4O/c1-14-3-4-17(19(21)11-14)7-10-20(26)24-15(2)16-5-8-18(9-6-16)25-13-22-12-23-25/h3-13,15H,1-2H3,(H,24,26)/b10-7+. The maximum Gasteiger partial charge on any atom is 0.244 e. The number of rotatable bonds is 5. The molecule has 0 aliphatic rings. The number of aromatic nitrogens is 3. The number of aryl methyl sites for hydroxylation is 1. The lowest BCUT2D eigenvalue weighted by molar-refractivity contribution is -0.117. The second-order valence-corrected chi connectivity index (χ2v) is 6.87. The summed E-state index contributed by atoms with van der Waals surface area (Å²) in [6.45, 7) is 3.98. The maximum absolute atomic E-state index is 12.2. The van der Waals surface area contributed by atoms with Gasteiger partial charge in [0.2, 0.25) is 5.91 Å². The van der Waals surface area contributed by atoms with Crippen LogP contribution in [0.4, 0.5) is 0 Å². The van der Waals surface area contributed by atoms with E-state index in [0.717, 1.165) is 21.3 Å². The van der Waals surface area contributed by atoms with Crippen LogP contribution in [0.25, 0.3) is 11.8 Å². The second kappa shape index (κ2) is 8.10. The third-order valence-electron chi connectivity index (χ3n) is 4.01. The fourth-order valence-electron chi connectivity index (χ4n) is 2.53. The molecule has 1 amide bonds. The van der Waals surface area contributed by atoms with Crippen LogP contribution < -0.4 is 5.32 Å². The molecule has 6 heteroatoms. The second-order valence-electron chi connectivity index (χ2n) is 6.02. The number of carbonyl (C=O) groups is 1. The quantitative estimate of drug-likeness (QED) is 0.640. The molecule has 1 aromatic heterocycles. The molecule has 0 saturated carbocycles. The maximum atomic E-state index is 12.2. The Hall–Kier alpha value is -2.73. The molecule has 1 unspecified atom stereocenters. The molecule has 0 aliphatic heterocycles. The smallest absolute Gasteiger partial charge is 0.244 e. The fourth-order valence-corrected chi connectivity index (χ4v) is 3.16. The number of nitrogens with one attached hydrogen (secondary N) is 1. The Balaban J connectivity index is 1.62. The van der Waals surface area contributed by atoms with Crippen molar-refractivity contribution in [1.82, 2.24) is 20.1 Å². The van der Waals surface area contributed by atoms with E-state index in [0.29, 0.717) is 0 Å². The molecule has 0 aliphatic carbocycles. The Kier molecular flexibility index (Phi) is 5.63. The first-order chi connectivity index (χ1) is 12.5. The van der Waals surface area contributed by atoms with Gasteiger partial charge in [0, 0.05) is 10.5 Å². The molecule has 2 aromatic carbocycles. The van der Waals surface area contributed by atoms with Gasteiger partial charge in [-0.15, -0.1) is 0 Å². The van der Waals surface area contributed by atoms with Crippen molar-refractivity contribution in [2.24, 2.45) is 0 Å². The van der Waals surface area contributed by atoms with E-state index in [4.69, 9.17) is 0 Å². The molecule has 5 nitrogen and oxygen atoms in total. The molecule has 0 spiro atoms. The zero-order valence-corrected chi connectivity index (χ0v) is 16.1. The highest BCUT2D eigenvalue weighted by Gasteiger charge is 2.08. The Morgan fingerprint density at radius 2 is 2.00 bits per heavy atom. The van der Waals surface area contributed by atoms with Crippen LogP contribution in [-0.4, -0.2) is 20.7 Å². The van der Waals surface area contributed by atoms with Crippen molar-refractivity contribution in [3.05, 3.63) is 82.4 Å². The van der Waals surface area contributed by atoms with Crippen molar-refractivity contribution >= 4 is 27.9 Å². The monoisotopic (exact) mass is 410 g/mol. The molecule has 0 saturated heterocycles. The molecule has 1 N–H and O–H groups in total. The van der Waals surface area contributed by atoms with Gasteiger partial charge in [0.05, 0.1) is 11.7 Å². The largest absolute Gasteiger partial charge is 0.346 e. The summed E-state index contributed by atoms with van der Waals surface area (Å²) in [6, 6.07) is 13.8. The van der Waals surface area contributed by atoms with Gasteiger partial charge in [-0.2, -0.15) is 5.10 Å². The summed E-state index contributed by atoms with van der Waals surface area (Å²) < 4.78 is 2.66. The number of hydrogen-bond acceptors (Lipinski definition) is 3. The van der Waals surface area contributed by atoms with Crippen molar-refractivity contribution in [2.75, 3.05) is 0 Å². The molecule has 132 valence electrons. The van der Waals surface area contributed by atoms with E-state index in [9.17, 15) is 4.79 Å². The van der Waals surface area contributed by atoms with Gasteiger partial charge in [-0.3, -0.25) is 4.79 Å². The van der Waals surface area contributed by atoms with E-state index >= 15 is 0 Å². The van der Waals surface area contributed by atoms with E-state index in [-0.39, 0.29) is 11.9 Å². The van der Waals surface area contributed by atoms with Crippen LogP contribution in [-0.2, 0) is 4.79 Å². The van der Waals surface area contributed by atoms with Crippen LogP contribution in [0, 0.1) is 6.92 Å². The Bertz CT molecular complexity index is 917. The summed E-state index contributed by atoms with van der Waals surface area (Å²) in [5, 5.41) is 7.07. The molecule has 3 rings (SSSR count). The average Bonchev–Trinajstić information content (AvgIpc) is 3.16. The molecule has 0 radical (unpaired) electrons. The predicted molar refractivity (Wildman–Crippen MR) is 106 cm³/mol. The molecule has 0 bridgehead atoms. The number of hydrogen-bond donors (Lipinski definition) is 1. The first kappa shape index (κ1) is 18.1. The topological polar surface area (TPSA) is 59.8 Å². The van der Waals surface area contributed by atoms with Gasteiger partial charge in [-0.05, 0) is 54.8 Å². The van der Waals surface area contributed by atoms with Crippen LogP contribution in [0.3, 0.4) is 0 Å². The van der Waals surface area contributed by atoms with E-state index in [1.54, 1.807) is 23.2 Å². The summed E-state index contributed by atoms with van der Waals surface area (Å²) in [5.41, 5.74) is 4.08. The molecule has 1 atom stereocenters. The van der Waals surface area contributed by atoms with Crippen molar-refractivity contribution < 1.29 is 4.79 Å². The highest BCUT2D eigenvalue weighted by atomic mass is 79.9. The molecule has 1 heterocycles. The van der Waals surface area contributed by atoms with Gasteiger partial charge in [0.15, 0.2) is 0 Å². The van der Waals surface area contributed by atoms with Gasteiger partial charge in [-0.1, -0.05) is 40.2 Å². The first-order valence-corrected chi connectivity index (χ1v) is 9.02. The van der Waals surface area contributed by atoms with Crippen LogP contribution in [0.5, 0.6) is 0 Å². The summed E-state index contributed by atoms with van der Waals surface area (Å²) in [6.07, 6.45) is 6.50. The van der Waals surface area contributed by atoms with Gasteiger partial charge in [0.1, 0.15) is 12.7 Å². The minimum absolute atomic E-state index is 0.0987. The predicted octanol–water partition coefficient (Wildman–Crippen LogP) is 4.23. The molecule has 3 aromatic rings. The van der Waals surface area contributed by atoms with Crippen LogP contribution in [0.1, 0.15) is 29.7 Å². The summed E-state index contributed by atoms with van der Waals surface area (Å²) in [5.74, 6) is -0.134. The normalized spacial score (nSPS) is 12.3. The lowest BCUT2D eigenvalue weighted by Gasteiger charge is -2.13. The SMILES string of the molecule is Cc1ccc(/C=C/C(=O)NC(C)c2ccc(-n3cncn3)cc2)c(Br)c1. The number of nitrogens with zero attached hydrogens (tertiary/aromatic N) is 3. The average molecular weight is 411 g/mol. The van der Waals surface area contributed by atoms with E-state index in [1.165, 1.54) is 11.9 Å². The number of carbonyl (C=O) groups excluding carboxylic acids is 1. The van der Waals surface area contributed by atoms with Crippen molar-refractivity contribution in [1.29, 1.82) is 0 Å². The lowest BCUT2D eigenvalue weighted by Crippen LogP contribution is -2.24. The van der Waals surface area contributed by atoms with E-state index < -0.39 is 0 Å². The third kappa shape index (κ3) is 4.46. The van der Waals surface area contributed by atoms with Crippen LogP contribution in [0.2, 0.25) is 0 Å². The first-order valence-electron chi connectivity index (χ1n) is 8.22. The van der Waals surface area contributed by atoms with E-state index in [2.05, 4.69) is 31.3 Å². The van der Waals surface area contributed by atoms with Gasteiger partial charge in [-0.25, -0.2) is 9.67 Å². The molecular formula is C20H19BrN4O. The summed E-state index contributed by atoms with van der Waals surface area (Å²) in [4.78, 5) is 16.1. The summed E-state index contributed by atoms with van der Waals surface area (Å²) >= 11 is 3.51. The zero-order valence-electron chi connectivity index (χ0n) is 14.6. The Labute approximate surface area is 160 Å². The third-order valence-corrected chi connectivity index (χ3v) is 4.69. The molecule has 0 fully saturated rings. The van der Waals surface area contributed by atoms with E-state index in [1.807, 2.05) is 56.3 Å². The Morgan fingerprint density at radius 3 is 2.65 bits per heavy atom. The van der Waals surface area contributed by atoms with Crippen LogP contribution >= 0.6 is 15.9 Å². The molecule has 26 heavy (non-hydrogen) atoms. The van der Waals surface area contributed by atoms with Gasteiger partial charge < -0.3 is 5.32 Å². The summed E-state index contributed by atoms with van der Waals surface area (Å²) in [7, 11) is 0. The Morgan fingerprint density at radius 1 is 1.23 bits per heavy atom. The van der Waals surface area contributed by atoms with Crippen molar-refractivity contribution in [3.63, 3.8) is 0 Å². The van der Waals surface area contributed by atoms with Crippen LogP contribution in [0.15, 0.2) is 65.7 Å². The minimum Gasteiger partial charge on any atom is -0.346 e.